The zero-order chi connectivity index (χ0) is 13.0. The third-order valence-corrected chi connectivity index (χ3v) is 4.03. The molecular formula is C14H12BrFOS. The molecule has 0 fully saturated rings. The summed E-state index contributed by atoms with van der Waals surface area (Å²) < 4.78 is 14.4. The molecule has 0 saturated heterocycles. The highest BCUT2D eigenvalue weighted by molar-refractivity contribution is 9.10. The Morgan fingerprint density at radius 2 is 2.00 bits per heavy atom. The first-order valence-electron chi connectivity index (χ1n) is 5.45. The van der Waals surface area contributed by atoms with Crippen LogP contribution >= 0.6 is 27.7 Å². The van der Waals surface area contributed by atoms with Gasteiger partial charge in [0, 0.05) is 15.1 Å². The van der Waals surface area contributed by atoms with E-state index in [9.17, 15) is 4.39 Å². The van der Waals surface area contributed by atoms with Gasteiger partial charge in [0.25, 0.3) is 0 Å². The molecule has 94 valence electrons. The average Bonchev–Trinajstić information content (AvgIpc) is 2.38. The molecule has 0 aromatic heterocycles. The van der Waals surface area contributed by atoms with Gasteiger partial charge < -0.3 is 5.11 Å². The minimum Gasteiger partial charge on any atom is -0.392 e. The molecule has 0 atom stereocenters. The van der Waals surface area contributed by atoms with E-state index in [1.54, 1.807) is 17.8 Å². The number of halogens is 2. The Kier molecular flexibility index (Phi) is 4.80. The van der Waals surface area contributed by atoms with Gasteiger partial charge in [-0.15, -0.1) is 11.8 Å². The van der Waals surface area contributed by atoms with Gasteiger partial charge in [0.15, 0.2) is 0 Å². The minimum absolute atomic E-state index is 0.0288. The van der Waals surface area contributed by atoms with Gasteiger partial charge in [-0.2, -0.15) is 0 Å². The second-order valence-corrected chi connectivity index (χ2v) is 5.79. The third kappa shape index (κ3) is 3.57. The molecule has 0 aliphatic heterocycles. The van der Waals surface area contributed by atoms with Crippen LogP contribution in [0.25, 0.3) is 0 Å². The number of hydrogen-bond acceptors (Lipinski definition) is 2. The lowest BCUT2D eigenvalue weighted by Gasteiger charge is -2.05. The fraction of sp³-hybridized carbons (Fsp3) is 0.143. The molecule has 0 spiro atoms. The summed E-state index contributed by atoms with van der Waals surface area (Å²) in [7, 11) is 0. The summed E-state index contributed by atoms with van der Waals surface area (Å²) >= 11 is 4.79. The normalized spacial score (nSPS) is 10.6. The highest BCUT2D eigenvalue weighted by atomic mass is 79.9. The summed E-state index contributed by atoms with van der Waals surface area (Å²) in [5.74, 6) is 0.378. The molecule has 1 N–H and O–H groups in total. The van der Waals surface area contributed by atoms with Crippen molar-refractivity contribution in [1.82, 2.24) is 0 Å². The molecule has 1 nitrogen and oxygen atoms in total. The van der Waals surface area contributed by atoms with Crippen molar-refractivity contribution in [3.63, 3.8) is 0 Å². The Hall–Kier alpha value is -0.840. The van der Waals surface area contributed by atoms with Crippen molar-refractivity contribution in [1.29, 1.82) is 0 Å². The van der Waals surface area contributed by atoms with Crippen LogP contribution in [0.4, 0.5) is 4.39 Å². The van der Waals surface area contributed by atoms with Crippen LogP contribution in [0.3, 0.4) is 0 Å². The first kappa shape index (κ1) is 13.6. The molecule has 0 heterocycles. The smallest absolute Gasteiger partial charge is 0.128 e. The van der Waals surface area contributed by atoms with Crippen LogP contribution in [0.2, 0.25) is 0 Å². The van der Waals surface area contributed by atoms with Crippen molar-refractivity contribution in [2.45, 2.75) is 17.3 Å². The van der Waals surface area contributed by atoms with E-state index in [4.69, 9.17) is 5.11 Å². The molecule has 2 aromatic rings. The van der Waals surface area contributed by atoms with Crippen LogP contribution in [0.5, 0.6) is 0 Å². The van der Waals surface area contributed by atoms with Gasteiger partial charge in [-0.1, -0.05) is 34.1 Å². The van der Waals surface area contributed by atoms with Crippen LogP contribution < -0.4 is 0 Å². The van der Waals surface area contributed by atoms with E-state index >= 15 is 0 Å². The van der Waals surface area contributed by atoms with E-state index in [0.717, 1.165) is 14.9 Å². The highest BCUT2D eigenvalue weighted by Crippen LogP contribution is 2.26. The number of aliphatic hydroxyl groups is 1. The quantitative estimate of drug-likeness (QED) is 0.842. The number of rotatable bonds is 4. The highest BCUT2D eigenvalue weighted by Gasteiger charge is 2.04. The summed E-state index contributed by atoms with van der Waals surface area (Å²) in [6, 6.07) is 12.7. The van der Waals surface area contributed by atoms with E-state index in [2.05, 4.69) is 15.9 Å². The maximum atomic E-state index is 13.6. The van der Waals surface area contributed by atoms with Gasteiger partial charge >= 0.3 is 0 Å². The van der Waals surface area contributed by atoms with Crippen molar-refractivity contribution >= 4 is 27.7 Å². The first-order chi connectivity index (χ1) is 8.69. The molecular weight excluding hydrogens is 315 g/mol. The zero-order valence-corrected chi connectivity index (χ0v) is 12.0. The molecule has 0 aliphatic rings. The van der Waals surface area contributed by atoms with Crippen molar-refractivity contribution in [2.24, 2.45) is 0 Å². The fourth-order valence-electron chi connectivity index (χ4n) is 1.53. The van der Waals surface area contributed by atoms with Gasteiger partial charge in [-0.3, -0.25) is 0 Å². The van der Waals surface area contributed by atoms with Gasteiger partial charge in [0.1, 0.15) is 5.82 Å². The molecule has 0 saturated carbocycles. The second-order valence-electron chi connectivity index (χ2n) is 3.83. The lowest BCUT2D eigenvalue weighted by atomic mass is 10.2. The monoisotopic (exact) mass is 326 g/mol. The Balaban J connectivity index is 2.06. The third-order valence-electron chi connectivity index (χ3n) is 2.49. The predicted molar refractivity (Wildman–Crippen MR) is 76.0 cm³/mol. The summed E-state index contributed by atoms with van der Waals surface area (Å²) in [5, 5.41) is 9.05. The molecule has 0 unspecified atom stereocenters. The van der Waals surface area contributed by atoms with Crippen LogP contribution in [-0.2, 0) is 12.4 Å². The molecule has 4 heteroatoms. The number of thioether (sulfide) groups is 1. The largest absolute Gasteiger partial charge is 0.392 e. The van der Waals surface area contributed by atoms with Gasteiger partial charge in [0.2, 0.25) is 0 Å². The minimum atomic E-state index is -0.199. The standard InChI is InChI=1S/C14H12BrFOS/c15-12-5-4-11(14(16)7-12)9-18-13-3-1-2-10(6-13)8-17/h1-7,17H,8-9H2. The molecule has 0 aliphatic carbocycles. The maximum absolute atomic E-state index is 13.6. The van der Waals surface area contributed by atoms with E-state index in [1.165, 1.54) is 6.07 Å². The zero-order valence-electron chi connectivity index (χ0n) is 9.57. The lowest BCUT2D eigenvalue weighted by Crippen LogP contribution is -1.88. The van der Waals surface area contributed by atoms with Gasteiger partial charge in [-0.25, -0.2) is 4.39 Å². The maximum Gasteiger partial charge on any atom is 0.128 e. The topological polar surface area (TPSA) is 20.2 Å². The molecule has 2 rings (SSSR count). The SMILES string of the molecule is OCc1cccc(SCc2ccc(Br)cc2F)c1. The fourth-order valence-corrected chi connectivity index (χ4v) is 2.83. The molecule has 18 heavy (non-hydrogen) atoms. The Labute approximate surface area is 118 Å². The van der Waals surface area contributed by atoms with Crippen molar-refractivity contribution in [3.05, 3.63) is 63.9 Å². The van der Waals surface area contributed by atoms with Gasteiger partial charge in [-0.05, 0) is 35.4 Å². The first-order valence-corrected chi connectivity index (χ1v) is 7.23. The van der Waals surface area contributed by atoms with Crippen molar-refractivity contribution in [2.75, 3.05) is 0 Å². The lowest BCUT2D eigenvalue weighted by molar-refractivity contribution is 0.281. The van der Waals surface area contributed by atoms with Gasteiger partial charge in [0.05, 0.1) is 6.61 Å². The molecule has 0 bridgehead atoms. The average molecular weight is 327 g/mol. The van der Waals surface area contributed by atoms with E-state index in [1.807, 2.05) is 30.3 Å². The molecule has 0 amide bonds. The van der Waals surface area contributed by atoms with Crippen molar-refractivity contribution in [3.8, 4) is 0 Å². The summed E-state index contributed by atoms with van der Waals surface area (Å²) in [5.41, 5.74) is 1.55. The molecule has 0 radical (unpaired) electrons. The Bertz CT molecular complexity index is 545. The predicted octanol–water partition coefficient (Wildman–Crippen LogP) is 4.37. The Morgan fingerprint density at radius 1 is 1.17 bits per heavy atom. The van der Waals surface area contributed by atoms with Crippen molar-refractivity contribution < 1.29 is 9.50 Å². The summed E-state index contributed by atoms with van der Waals surface area (Å²) in [4.78, 5) is 1.03. The second kappa shape index (κ2) is 6.36. The summed E-state index contributed by atoms with van der Waals surface area (Å²) in [6.45, 7) is 0.0288. The van der Waals surface area contributed by atoms with Crippen LogP contribution in [0.15, 0.2) is 51.8 Å². The number of aliphatic hydroxyl groups excluding tert-OH is 1. The number of hydrogen-bond donors (Lipinski definition) is 1. The summed E-state index contributed by atoms with van der Waals surface area (Å²) in [6.07, 6.45) is 0. The van der Waals surface area contributed by atoms with Crippen LogP contribution in [0.1, 0.15) is 11.1 Å². The Morgan fingerprint density at radius 3 is 2.72 bits per heavy atom. The van der Waals surface area contributed by atoms with E-state index in [0.29, 0.717) is 11.3 Å². The van der Waals surface area contributed by atoms with Crippen LogP contribution in [-0.4, -0.2) is 5.11 Å². The molecule has 2 aromatic carbocycles. The van der Waals surface area contributed by atoms with E-state index in [-0.39, 0.29) is 12.4 Å². The van der Waals surface area contributed by atoms with Crippen LogP contribution in [0, 0.1) is 5.82 Å². The number of benzene rings is 2. The van der Waals surface area contributed by atoms with E-state index < -0.39 is 0 Å².